The Kier molecular flexibility index (Phi) is 3.75. The van der Waals surface area contributed by atoms with Gasteiger partial charge in [0.2, 0.25) is 0 Å². The van der Waals surface area contributed by atoms with Crippen LogP contribution in [0.15, 0.2) is 18.2 Å². The smallest absolute Gasteiger partial charge is 0.305 e. The third-order valence-electron chi connectivity index (χ3n) is 4.05. The van der Waals surface area contributed by atoms with Crippen LogP contribution in [0.5, 0.6) is 5.75 Å². The van der Waals surface area contributed by atoms with Crippen LogP contribution in [0.2, 0.25) is 0 Å². The Morgan fingerprint density at radius 1 is 1.36 bits per heavy atom. The number of hydrogen-bond acceptors (Lipinski definition) is 4. The largest absolute Gasteiger partial charge is 0.497 e. The molecule has 0 aliphatic carbocycles. The molecule has 0 saturated heterocycles. The highest BCUT2D eigenvalue weighted by molar-refractivity contribution is 6.02. The molecule has 6 heteroatoms. The van der Waals surface area contributed by atoms with Crippen molar-refractivity contribution < 1.29 is 19.1 Å². The quantitative estimate of drug-likeness (QED) is 0.844. The van der Waals surface area contributed by atoms with E-state index in [0.29, 0.717) is 25.0 Å². The van der Waals surface area contributed by atoms with E-state index in [-0.39, 0.29) is 17.9 Å². The van der Waals surface area contributed by atoms with E-state index in [0.717, 1.165) is 22.2 Å². The number of rotatable bonds is 4. The van der Waals surface area contributed by atoms with E-state index < -0.39 is 0 Å². The van der Waals surface area contributed by atoms with Crippen molar-refractivity contribution in [2.75, 3.05) is 14.2 Å². The van der Waals surface area contributed by atoms with Gasteiger partial charge >= 0.3 is 5.97 Å². The van der Waals surface area contributed by atoms with Gasteiger partial charge in [-0.25, -0.2) is 0 Å². The van der Waals surface area contributed by atoms with Crippen LogP contribution in [0.1, 0.15) is 28.9 Å². The van der Waals surface area contributed by atoms with Gasteiger partial charge in [0, 0.05) is 23.4 Å². The third-order valence-corrected chi connectivity index (χ3v) is 4.05. The van der Waals surface area contributed by atoms with Crippen molar-refractivity contribution in [2.45, 2.75) is 25.3 Å². The van der Waals surface area contributed by atoms with Crippen LogP contribution in [0.4, 0.5) is 0 Å². The predicted octanol–water partition coefficient (Wildman–Crippen LogP) is 1.78. The third kappa shape index (κ3) is 2.52. The number of benzene rings is 1. The summed E-state index contributed by atoms with van der Waals surface area (Å²) in [6.07, 6.45) is 1.54. The molecule has 1 unspecified atom stereocenters. The first-order valence-corrected chi connectivity index (χ1v) is 7.18. The Morgan fingerprint density at radius 3 is 2.91 bits per heavy atom. The summed E-state index contributed by atoms with van der Waals surface area (Å²) in [5, 5.41) is 3.93. The lowest BCUT2D eigenvalue weighted by Crippen LogP contribution is -2.41. The standard InChI is InChI=1S/C16H18N2O4/c1-21-10-4-5-13-11(8-10)12-7-9(3-6-14(19)22-2)17-16(20)15(12)18-13/h4-5,8-9,18H,3,6-7H2,1-2H3,(H,17,20). The first-order valence-electron chi connectivity index (χ1n) is 7.18. The van der Waals surface area contributed by atoms with Crippen molar-refractivity contribution in [3.63, 3.8) is 0 Å². The number of methoxy groups -OCH3 is 2. The highest BCUT2D eigenvalue weighted by atomic mass is 16.5. The maximum absolute atomic E-state index is 12.2. The average molecular weight is 302 g/mol. The van der Waals surface area contributed by atoms with Crippen LogP contribution in [0, 0.1) is 0 Å². The molecule has 0 spiro atoms. The number of ether oxygens (including phenoxy) is 2. The summed E-state index contributed by atoms with van der Waals surface area (Å²) in [7, 11) is 2.98. The maximum Gasteiger partial charge on any atom is 0.305 e. The maximum atomic E-state index is 12.2. The lowest BCUT2D eigenvalue weighted by Gasteiger charge is -2.23. The molecular formula is C16H18N2O4. The molecule has 0 fully saturated rings. The van der Waals surface area contributed by atoms with E-state index in [9.17, 15) is 9.59 Å². The van der Waals surface area contributed by atoms with Gasteiger partial charge in [0.05, 0.1) is 14.2 Å². The summed E-state index contributed by atoms with van der Waals surface area (Å²) in [5.41, 5.74) is 2.49. The molecule has 0 radical (unpaired) electrons. The Balaban J connectivity index is 1.90. The van der Waals surface area contributed by atoms with Crippen molar-refractivity contribution in [3.05, 3.63) is 29.5 Å². The molecule has 2 aromatic rings. The summed E-state index contributed by atoms with van der Waals surface area (Å²) in [5.74, 6) is 0.360. The van der Waals surface area contributed by atoms with Crippen molar-refractivity contribution >= 4 is 22.8 Å². The number of carbonyl (C=O) groups excluding carboxylic acids is 2. The molecule has 0 bridgehead atoms. The lowest BCUT2D eigenvalue weighted by molar-refractivity contribution is -0.140. The van der Waals surface area contributed by atoms with Crippen LogP contribution >= 0.6 is 0 Å². The minimum Gasteiger partial charge on any atom is -0.497 e. The van der Waals surface area contributed by atoms with E-state index in [2.05, 4.69) is 15.0 Å². The van der Waals surface area contributed by atoms with Crippen molar-refractivity contribution in [1.29, 1.82) is 0 Å². The van der Waals surface area contributed by atoms with E-state index >= 15 is 0 Å². The zero-order chi connectivity index (χ0) is 15.7. The monoisotopic (exact) mass is 302 g/mol. The summed E-state index contributed by atoms with van der Waals surface area (Å²) in [6.45, 7) is 0. The van der Waals surface area contributed by atoms with Crippen molar-refractivity contribution in [2.24, 2.45) is 0 Å². The summed E-state index contributed by atoms with van der Waals surface area (Å²) < 4.78 is 9.90. The molecule has 1 amide bonds. The zero-order valence-corrected chi connectivity index (χ0v) is 12.6. The molecule has 2 N–H and O–H groups in total. The predicted molar refractivity (Wildman–Crippen MR) is 81.1 cm³/mol. The fraction of sp³-hybridized carbons (Fsp3) is 0.375. The molecule has 1 aromatic carbocycles. The van der Waals surface area contributed by atoms with Crippen molar-refractivity contribution in [1.82, 2.24) is 10.3 Å². The summed E-state index contributed by atoms with van der Waals surface area (Å²) >= 11 is 0. The minimum absolute atomic E-state index is 0.0655. The fourth-order valence-corrected chi connectivity index (χ4v) is 2.88. The number of carbonyl (C=O) groups is 2. The number of nitrogens with one attached hydrogen (secondary N) is 2. The SMILES string of the molecule is COC(=O)CCC1Cc2c([nH]c3ccc(OC)cc23)C(=O)N1. The molecule has 1 aliphatic rings. The second-order valence-corrected chi connectivity index (χ2v) is 5.38. The molecule has 1 aromatic heterocycles. The number of aromatic nitrogens is 1. The van der Waals surface area contributed by atoms with Crippen LogP contribution in [-0.4, -0.2) is 37.1 Å². The van der Waals surface area contributed by atoms with Gasteiger partial charge in [-0.05, 0) is 36.6 Å². The summed E-state index contributed by atoms with van der Waals surface area (Å²) in [4.78, 5) is 26.7. The first kappa shape index (κ1) is 14.4. The molecule has 3 rings (SSSR count). The van der Waals surface area contributed by atoms with Gasteiger partial charge in [-0.3, -0.25) is 9.59 Å². The highest BCUT2D eigenvalue weighted by Crippen LogP contribution is 2.30. The molecular weight excluding hydrogens is 284 g/mol. The average Bonchev–Trinajstić information content (AvgIpc) is 2.91. The van der Waals surface area contributed by atoms with E-state index in [1.807, 2.05) is 18.2 Å². The number of fused-ring (bicyclic) bond motifs is 3. The number of hydrogen-bond donors (Lipinski definition) is 2. The van der Waals surface area contributed by atoms with Crippen LogP contribution in [-0.2, 0) is 16.0 Å². The number of amides is 1. The topological polar surface area (TPSA) is 80.4 Å². The van der Waals surface area contributed by atoms with Gasteiger partial charge in [-0.1, -0.05) is 0 Å². The number of esters is 1. The van der Waals surface area contributed by atoms with Gasteiger partial charge in [0.1, 0.15) is 11.4 Å². The Labute approximate surface area is 127 Å². The van der Waals surface area contributed by atoms with Gasteiger partial charge in [0.25, 0.3) is 5.91 Å². The van der Waals surface area contributed by atoms with E-state index in [1.165, 1.54) is 7.11 Å². The molecule has 2 heterocycles. The first-order chi connectivity index (χ1) is 10.6. The minimum atomic E-state index is -0.263. The molecule has 1 atom stereocenters. The highest BCUT2D eigenvalue weighted by Gasteiger charge is 2.28. The lowest BCUT2D eigenvalue weighted by atomic mass is 9.95. The van der Waals surface area contributed by atoms with Gasteiger partial charge in [0.15, 0.2) is 0 Å². The number of aromatic amines is 1. The normalized spacial score (nSPS) is 17.0. The molecule has 22 heavy (non-hydrogen) atoms. The number of H-pyrrole nitrogens is 1. The fourth-order valence-electron chi connectivity index (χ4n) is 2.88. The van der Waals surface area contributed by atoms with Gasteiger partial charge in [-0.2, -0.15) is 0 Å². The van der Waals surface area contributed by atoms with Gasteiger partial charge in [-0.15, -0.1) is 0 Å². The van der Waals surface area contributed by atoms with E-state index in [4.69, 9.17) is 4.74 Å². The second kappa shape index (κ2) is 5.71. The summed E-state index contributed by atoms with van der Waals surface area (Å²) in [6, 6.07) is 5.63. The van der Waals surface area contributed by atoms with Crippen molar-refractivity contribution in [3.8, 4) is 5.75 Å². The molecule has 1 aliphatic heterocycles. The van der Waals surface area contributed by atoms with Crippen LogP contribution in [0.3, 0.4) is 0 Å². The zero-order valence-electron chi connectivity index (χ0n) is 12.6. The Hall–Kier alpha value is -2.50. The molecule has 6 nitrogen and oxygen atoms in total. The van der Waals surface area contributed by atoms with Crippen LogP contribution < -0.4 is 10.1 Å². The van der Waals surface area contributed by atoms with Gasteiger partial charge < -0.3 is 19.8 Å². The van der Waals surface area contributed by atoms with Crippen LogP contribution in [0.25, 0.3) is 10.9 Å². The molecule has 0 saturated carbocycles. The Morgan fingerprint density at radius 2 is 2.18 bits per heavy atom. The van der Waals surface area contributed by atoms with E-state index in [1.54, 1.807) is 7.11 Å². The molecule has 116 valence electrons. The second-order valence-electron chi connectivity index (χ2n) is 5.38. The Bertz CT molecular complexity index is 735.